The fourth-order valence-electron chi connectivity index (χ4n) is 2.69. The van der Waals surface area contributed by atoms with E-state index < -0.39 is 10.0 Å². The number of carbonyl (C=O) groups is 2. The van der Waals surface area contributed by atoms with Crippen LogP contribution >= 0.6 is 0 Å². The number of hydrogen-bond acceptors (Lipinski definition) is 4. The minimum Gasteiger partial charge on any atom is -0.354 e. The summed E-state index contributed by atoms with van der Waals surface area (Å²) >= 11 is 0. The van der Waals surface area contributed by atoms with E-state index in [0.29, 0.717) is 45.4 Å². The number of sulfonamides is 1. The summed E-state index contributed by atoms with van der Waals surface area (Å²) in [5.74, 6) is -0.358. The molecule has 0 spiro atoms. The highest BCUT2D eigenvalue weighted by molar-refractivity contribution is 7.88. The maximum Gasteiger partial charge on any atom is 0.227 e. The van der Waals surface area contributed by atoms with Crippen molar-refractivity contribution in [2.45, 2.75) is 19.3 Å². The van der Waals surface area contributed by atoms with Crippen molar-refractivity contribution in [2.75, 3.05) is 39.0 Å². The third-order valence-corrected chi connectivity index (χ3v) is 5.10. The summed E-state index contributed by atoms with van der Waals surface area (Å²) in [5.41, 5.74) is 0. The first-order valence-electron chi connectivity index (χ1n) is 6.88. The second-order valence-electron chi connectivity index (χ2n) is 5.39. The minimum absolute atomic E-state index is 0.0325. The zero-order chi connectivity index (χ0) is 14.8. The fourth-order valence-corrected chi connectivity index (χ4v) is 3.60. The van der Waals surface area contributed by atoms with Crippen LogP contribution in [0.1, 0.15) is 19.3 Å². The molecule has 114 valence electrons. The minimum atomic E-state index is -3.24. The monoisotopic (exact) mass is 303 g/mol. The number of piperidine rings is 1. The second-order valence-corrected chi connectivity index (χ2v) is 7.37. The molecule has 2 saturated heterocycles. The average molecular weight is 303 g/mol. The summed E-state index contributed by atoms with van der Waals surface area (Å²) in [6.07, 6.45) is 2.90. The molecule has 8 heteroatoms. The zero-order valence-electron chi connectivity index (χ0n) is 11.7. The molecule has 20 heavy (non-hydrogen) atoms. The van der Waals surface area contributed by atoms with E-state index in [1.165, 1.54) is 10.6 Å². The van der Waals surface area contributed by atoms with Gasteiger partial charge in [0, 0.05) is 39.1 Å². The van der Waals surface area contributed by atoms with E-state index in [0.717, 1.165) is 0 Å². The lowest BCUT2D eigenvalue weighted by Crippen LogP contribution is -2.47. The smallest absolute Gasteiger partial charge is 0.227 e. The van der Waals surface area contributed by atoms with Crippen LogP contribution in [0.3, 0.4) is 0 Å². The highest BCUT2D eigenvalue weighted by Gasteiger charge is 2.33. The molecule has 2 aliphatic heterocycles. The molecule has 1 N–H and O–H groups in total. The molecule has 2 rings (SSSR count). The first kappa shape index (κ1) is 15.2. The third kappa shape index (κ3) is 3.69. The lowest BCUT2D eigenvalue weighted by Gasteiger charge is -2.33. The van der Waals surface area contributed by atoms with Crippen LogP contribution < -0.4 is 5.32 Å². The van der Waals surface area contributed by atoms with Gasteiger partial charge in [0.05, 0.1) is 12.2 Å². The van der Waals surface area contributed by atoms with Crippen molar-refractivity contribution in [3.63, 3.8) is 0 Å². The highest BCUT2D eigenvalue weighted by atomic mass is 32.2. The van der Waals surface area contributed by atoms with E-state index >= 15 is 0 Å². The standard InChI is InChI=1S/C12H21N3O4S/c1-20(18,19)15-6-2-3-10(9-15)12(17)14-7-4-11(16)13-5-8-14/h10H,2-9H2,1H3,(H,13,16). The summed E-state index contributed by atoms with van der Waals surface area (Å²) < 4.78 is 24.5. The number of rotatable bonds is 2. The molecule has 2 heterocycles. The van der Waals surface area contributed by atoms with Crippen LogP contribution in [0.4, 0.5) is 0 Å². The molecule has 0 aliphatic carbocycles. The average Bonchev–Trinajstić information content (AvgIpc) is 2.62. The molecule has 2 fully saturated rings. The van der Waals surface area contributed by atoms with Crippen molar-refractivity contribution in [1.29, 1.82) is 0 Å². The van der Waals surface area contributed by atoms with E-state index in [4.69, 9.17) is 0 Å². The highest BCUT2D eigenvalue weighted by Crippen LogP contribution is 2.21. The van der Waals surface area contributed by atoms with Gasteiger partial charge in [0.15, 0.2) is 0 Å². The quantitative estimate of drug-likeness (QED) is 0.709. The van der Waals surface area contributed by atoms with E-state index in [1.54, 1.807) is 4.90 Å². The maximum absolute atomic E-state index is 12.5. The molecule has 1 atom stereocenters. The van der Waals surface area contributed by atoms with Crippen LogP contribution in [0.2, 0.25) is 0 Å². The molecular weight excluding hydrogens is 282 g/mol. The molecule has 2 amide bonds. The number of hydrogen-bond donors (Lipinski definition) is 1. The summed E-state index contributed by atoms with van der Waals surface area (Å²) in [6.45, 7) is 2.13. The van der Waals surface area contributed by atoms with Crippen molar-refractivity contribution in [2.24, 2.45) is 5.92 Å². The Hall–Kier alpha value is -1.15. The van der Waals surface area contributed by atoms with Crippen LogP contribution in [-0.4, -0.2) is 68.4 Å². The predicted octanol–water partition coefficient (Wildman–Crippen LogP) is -0.993. The summed E-state index contributed by atoms with van der Waals surface area (Å²) in [4.78, 5) is 25.4. The molecule has 0 aromatic heterocycles. The first-order valence-corrected chi connectivity index (χ1v) is 8.73. The number of amides is 2. The van der Waals surface area contributed by atoms with Crippen LogP contribution in [0.15, 0.2) is 0 Å². The van der Waals surface area contributed by atoms with Gasteiger partial charge in [-0.05, 0) is 12.8 Å². The first-order chi connectivity index (χ1) is 9.38. The molecule has 0 radical (unpaired) electrons. The SMILES string of the molecule is CS(=O)(=O)N1CCCC(C(=O)N2CCNC(=O)CC2)C1. The molecule has 0 bridgehead atoms. The van der Waals surface area contributed by atoms with E-state index in [9.17, 15) is 18.0 Å². The second kappa shape index (κ2) is 6.09. The van der Waals surface area contributed by atoms with Crippen molar-refractivity contribution in [3.8, 4) is 0 Å². The largest absolute Gasteiger partial charge is 0.354 e. The normalized spacial score (nSPS) is 25.9. The van der Waals surface area contributed by atoms with Gasteiger partial charge in [-0.2, -0.15) is 0 Å². The van der Waals surface area contributed by atoms with Gasteiger partial charge in [-0.25, -0.2) is 12.7 Å². The van der Waals surface area contributed by atoms with E-state index in [1.807, 2.05) is 0 Å². The summed E-state index contributed by atoms with van der Waals surface area (Å²) in [7, 11) is -3.24. The Morgan fingerprint density at radius 2 is 2.05 bits per heavy atom. The molecular formula is C12H21N3O4S. The van der Waals surface area contributed by atoms with Crippen molar-refractivity contribution < 1.29 is 18.0 Å². The van der Waals surface area contributed by atoms with Gasteiger partial charge in [-0.15, -0.1) is 0 Å². The maximum atomic E-state index is 12.5. The molecule has 7 nitrogen and oxygen atoms in total. The summed E-state index contributed by atoms with van der Waals surface area (Å²) in [5, 5.41) is 2.73. The van der Waals surface area contributed by atoms with Crippen molar-refractivity contribution >= 4 is 21.8 Å². The van der Waals surface area contributed by atoms with Crippen LogP contribution in [0.5, 0.6) is 0 Å². The topological polar surface area (TPSA) is 86.8 Å². The Kier molecular flexibility index (Phi) is 4.64. The van der Waals surface area contributed by atoms with Crippen LogP contribution in [-0.2, 0) is 19.6 Å². The summed E-state index contributed by atoms with van der Waals surface area (Å²) in [6, 6.07) is 0. The Balaban J connectivity index is 1.99. The number of nitrogens with one attached hydrogen (secondary N) is 1. The van der Waals surface area contributed by atoms with Crippen LogP contribution in [0, 0.1) is 5.92 Å². The van der Waals surface area contributed by atoms with E-state index in [2.05, 4.69) is 5.32 Å². The fraction of sp³-hybridized carbons (Fsp3) is 0.833. The molecule has 0 aromatic rings. The van der Waals surface area contributed by atoms with Crippen LogP contribution in [0.25, 0.3) is 0 Å². The van der Waals surface area contributed by atoms with Gasteiger partial charge >= 0.3 is 0 Å². The Bertz CT molecular complexity index is 491. The number of carbonyl (C=O) groups excluding carboxylic acids is 2. The molecule has 0 saturated carbocycles. The van der Waals surface area contributed by atoms with Crippen molar-refractivity contribution in [3.05, 3.63) is 0 Å². The lowest BCUT2D eigenvalue weighted by molar-refractivity contribution is -0.136. The third-order valence-electron chi connectivity index (χ3n) is 3.83. The lowest BCUT2D eigenvalue weighted by atomic mass is 9.98. The van der Waals surface area contributed by atoms with Gasteiger partial charge in [-0.1, -0.05) is 0 Å². The number of nitrogens with zero attached hydrogens (tertiary/aromatic N) is 2. The molecule has 2 aliphatic rings. The Labute approximate surface area is 119 Å². The van der Waals surface area contributed by atoms with Gasteiger partial charge in [0.1, 0.15) is 0 Å². The zero-order valence-corrected chi connectivity index (χ0v) is 12.5. The predicted molar refractivity (Wildman–Crippen MR) is 73.3 cm³/mol. The Morgan fingerprint density at radius 1 is 1.30 bits per heavy atom. The van der Waals surface area contributed by atoms with Gasteiger partial charge in [-0.3, -0.25) is 9.59 Å². The van der Waals surface area contributed by atoms with Gasteiger partial charge < -0.3 is 10.2 Å². The molecule has 1 unspecified atom stereocenters. The van der Waals surface area contributed by atoms with Gasteiger partial charge in [0.2, 0.25) is 21.8 Å². The Morgan fingerprint density at radius 3 is 2.75 bits per heavy atom. The van der Waals surface area contributed by atoms with E-state index in [-0.39, 0.29) is 24.3 Å². The van der Waals surface area contributed by atoms with Crippen molar-refractivity contribution in [1.82, 2.24) is 14.5 Å². The van der Waals surface area contributed by atoms with Gasteiger partial charge in [0.25, 0.3) is 0 Å². The molecule has 0 aromatic carbocycles.